The van der Waals surface area contributed by atoms with Gasteiger partial charge in [-0.05, 0) is 55.3 Å². The van der Waals surface area contributed by atoms with Gasteiger partial charge >= 0.3 is 0 Å². The SMILES string of the molecule is CN(C(=O)C(C)(C)c1cc(Cl)cc(Cl)c1)[C@@H]1CNC[C@H]1c1ccc(Cl)cc1. The highest BCUT2D eigenvalue weighted by molar-refractivity contribution is 6.34. The molecule has 0 radical (unpaired) electrons. The number of benzene rings is 2. The quantitative estimate of drug-likeness (QED) is 0.735. The molecule has 1 aliphatic heterocycles. The van der Waals surface area contributed by atoms with Gasteiger partial charge in [0.05, 0.1) is 11.5 Å². The first-order chi connectivity index (χ1) is 12.7. The van der Waals surface area contributed by atoms with Crippen LogP contribution >= 0.6 is 34.8 Å². The molecule has 0 spiro atoms. The van der Waals surface area contributed by atoms with Crippen molar-refractivity contribution < 1.29 is 4.79 Å². The van der Waals surface area contributed by atoms with Crippen LogP contribution in [0.4, 0.5) is 0 Å². The van der Waals surface area contributed by atoms with E-state index in [1.807, 2.05) is 62.2 Å². The first-order valence-corrected chi connectivity index (χ1v) is 10.0. The van der Waals surface area contributed by atoms with Crippen molar-refractivity contribution in [3.8, 4) is 0 Å². The predicted molar refractivity (Wildman–Crippen MR) is 113 cm³/mol. The van der Waals surface area contributed by atoms with E-state index in [0.29, 0.717) is 15.1 Å². The van der Waals surface area contributed by atoms with Crippen LogP contribution in [0.3, 0.4) is 0 Å². The fourth-order valence-corrected chi connectivity index (χ4v) is 4.40. The maximum atomic E-state index is 13.4. The molecule has 3 rings (SSSR count). The Labute approximate surface area is 175 Å². The molecule has 0 saturated carbocycles. The average Bonchev–Trinajstić information content (AvgIpc) is 3.10. The Hall–Kier alpha value is -1.26. The molecule has 1 heterocycles. The normalized spacial score (nSPS) is 19.9. The van der Waals surface area contributed by atoms with Gasteiger partial charge in [-0.15, -0.1) is 0 Å². The fourth-order valence-electron chi connectivity index (χ4n) is 3.75. The lowest BCUT2D eigenvalue weighted by Gasteiger charge is -2.36. The molecule has 144 valence electrons. The van der Waals surface area contributed by atoms with Gasteiger partial charge in [0.1, 0.15) is 0 Å². The minimum absolute atomic E-state index is 0.0356. The van der Waals surface area contributed by atoms with Crippen molar-refractivity contribution >= 4 is 40.7 Å². The summed E-state index contributed by atoms with van der Waals surface area (Å²) < 4.78 is 0. The molecule has 6 heteroatoms. The zero-order chi connectivity index (χ0) is 19.8. The van der Waals surface area contributed by atoms with Crippen molar-refractivity contribution in [1.82, 2.24) is 10.2 Å². The summed E-state index contributed by atoms with van der Waals surface area (Å²) in [7, 11) is 1.87. The third-order valence-corrected chi connectivity index (χ3v) is 6.11. The third kappa shape index (κ3) is 4.27. The molecule has 0 aromatic heterocycles. The van der Waals surface area contributed by atoms with E-state index in [9.17, 15) is 4.79 Å². The van der Waals surface area contributed by atoms with E-state index in [1.165, 1.54) is 5.56 Å². The first-order valence-electron chi connectivity index (χ1n) is 8.90. The van der Waals surface area contributed by atoms with Crippen LogP contribution in [0.15, 0.2) is 42.5 Å². The lowest BCUT2D eigenvalue weighted by atomic mass is 9.82. The number of nitrogens with one attached hydrogen (secondary N) is 1. The molecule has 2 aromatic rings. The highest BCUT2D eigenvalue weighted by atomic mass is 35.5. The molecule has 3 nitrogen and oxygen atoms in total. The van der Waals surface area contributed by atoms with Gasteiger partial charge in [0.2, 0.25) is 5.91 Å². The number of rotatable bonds is 4. The average molecular weight is 426 g/mol. The lowest BCUT2D eigenvalue weighted by molar-refractivity contribution is -0.137. The van der Waals surface area contributed by atoms with Crippen molar-refractivity contribution in [2.24, 2.45) is 0 Å². The highest BCUT2D eigenvalue weighted by Gasteiger charge is 2.40. The van der Waals surface area contributed by atoms with Gasteiger partial charge in [0.15, 0.2) is 0 Å². The zero-order valence-electron chi connectivity index (χ0n) is 15.6. The Kier molecular flexibility index (Phi) is 6.07. The summed E-state index contributed by atoms with van der Waals surface area (Å²) in [6.45, 7) is 5.40. The van der Waals surface area contributed by atoms with E-state index in [2.05, 4.69) is 5.32 Å². The van der Waals surface area contributed by atoms with E-state index in [4.69, 9.17) is 34.8 Å². The lowest BCUT2D eigenvalue weighted by Crippen LogP contribution is -2.48. The van der Waals surface area contributed by atoms with E-state index in [1.54, 1.807) is 6.07 Å². The summed E-state index contributed by atoms with van der Waals surface area (Å²) in [6.07, 6.45) is 0. The molecule has 1 fully saturated rings. The number of hydrogen-bond acceptors (Lipinski definition) is 2. The predicted octanol–water partition coefficient (Wildman–Crippen LogP) is 5.14. The Morgan fingerprint density at radius 2 is 1.59 bits per heavy atom. The largest absolute Gasteiger partial charge is 0.340 e. The fraction of sp³-hybridized carbons (Fsp3) is 0.381. The molecule has 0 unspecified atom stereocenters. The molecule has 27 heavy (non-hydrogen) atoms. The first kappa shape index (κ1) is 20.5. The number of amides is 1. The third-order valence-electron chi connectivity index (χ3n) is 5.42. The van der Waals surface area contributed by atoms with Gasteiger partial charge in [-0.3, -0.25) is 4.79 Å². The van der Waals surface area contributed by atoms with Gasteiger partial charge in [-0.2, -0.15) is 0 Å². The minimum atomic E-state index is -0.740. The molecule has 0 aliphatic carbocycles. The smallest absolute Gasteiger partial charge is 0.232 e. The molecule has 1 amide bonds. The second-order valence-corrected chi connectivity index (χ2v) is 8.89. The monoisotopic (exact) mass is 424 g/mol. The van der Waals surface area contributed by atoms with Gasteiger partial charge in [0, 0.05) is 41.1 Å². The van der Waals surface area contributed by atoms with Gasteiger partial charge < -0.3 is 10.2 Å². The summed E-state index contributed by atoms with van der Waals surface area (Å²) in [5.41, 5.74) is 1.25. The summed E-state index contributed by atoms with van der Waals surface area (Å²) in [6, 6.07) is 13.2. The maximum absolute atomic E-state index is 13.4. The van der Waals surface area contributed by atoms with Crippen molar-refractivity contribution in [3.63, 3.8) is 0 Å². The van der Waals surface area contributed by atoms with Gasteiger partial charge in [-0.25, -0.2) is 0 Å². The van der Waals surface area contributed by atoms with Gasteiger partial charge in [-0.1, -0.05) is 46.9 Å². The van der Waals surface area contributed by atoms with Crippen LogP contribution in [0.2, 0.25) is 15.1 Å². The molecular formula is C21H23Cl3N2O. The summed E-state index contributed by atoms with van der Waals surface area (Å²) in [4.78, 5) is 15.3. The van der Waals surface area contributed by atoms with E-state index in [0.717, 1.165) is 18.7 Å². The van der Waals surface area contributed by atoms with Crippen LogP contribution in [-0.2, 0) is 10.2 Å². The van der Waals surface area contributed by atoms with E-state index in [-0.39, 0.29) is 17.9 Å². The zero-order valence-corrected chi connectivity index (χ0v) is 17.9. The number of hydrogen-bond donors (Lipinski definition) is 1. The summed E-state index contributed by atoms with van der Waals surface area (Å²) in [5, 5.41) is 5.18. The van der Waals surface area contributed by atoms with Crippen molar-refractivity contribution in [2.75, 3.05) is 20.1 Å². The topological polar surface area (TPSA) is 32.3 Å². The number of halogens is 3. The highest BCUT2D eigenvalue weighted by Crippen LogP contribution is 2.34. The Balaban J connectivity index is 1.85. The molecule has 1 saturated heterocycles. The summed E-state index contributed by atoms with van der Waals surface area (Å²) in [5.74, 6) is 0.253. The van der Waals surface area contributed by atoms with Gasteiger partial charge in [0.25, 0.3) is 0 Å². The van der Waals surface area contributed by atoms with Crippen LogP contribution in [-0.4, -0.2) is 37.0 Å². The van der Waals surface area contributed by atoms with E-state index < -0.39 is 5.41 Å². The van der Waals surface area contributed by atoms with Crippen LogP contribution in [0.5, 0.6) is 0 Å². The number of likely N-dealkylation sites (N-methyl/N-ethyl adjacent to an activating group) is 1. The Bertz CT molecular complexity index is 816. The number of carbonyl (C=O) groups excluding carboxylic acids is 1. The maximum Gasteiger partial charge on any atom is 0.232 e. The minimum Gasteiger partial charge on any atom is -0.340 e. The number of nitrogens with zero attached hydrogens (tertiary/aromatic N) is 1. The molecule has 1 aliphatic rings. The van der Waals surface area contributed by atoms with Crippen LogP contribution in [0, 0.1) is 0 Å². The van der Waals surface area contributed by atoms with Crippen LogP contribution < -0.4 is 5.32 Å². The van der Waals surface area contributed by atoms with Crippen LogP contribution in [0.1, 0.15) is 30.9 Å². The molecule has 2 aromatic carbocycles. The molecule has 2 atom stereocenters. The second-order valence-electron chi connectivity index (χ2n) is 7.58. The summed E-state index contributed by atoms with van der Waals surface area (Å²) >= 11 is 18.3. The standard InChI is InChI=1S/C21H23Cl3N2O/c1-21(2,14-8-16(23)10-17(24)9-14)20(27)26(3)19-12-25-11-18(19)13-4-6-15(22)7-5-13/h4-10,18-19,25H,11-12H2,1-3H3/t18-,19+/m0/s1. The van der Waals surface area contributed by atoms with Crippen molar-refractivity contribution in [2.45, 2.75) is 31.2 Å². The molecule has 1 N–H and O–H groups in total. The second kappa shape index (κ2) is 8.00. The number of carbonyl (C=O) groups is 1. The Morgan fingerprint density at radius 3 is 2.19 bits per heavy atom. The van der Waals surface area contributed by atoms with Crippen molar-refractivity contribution in [1.29, 1.82) is 0 Å². The van der Waals surface area contributed by atoms with E-state index >= 15 is 0 Å². The Morgan fingerprint density at radius 1 is 1.00 bits per heavy atom. The molecular weight excluding hydrogens is 403 g/mol. The van der Waals surface area contributed by atoms with Crippen molar-refractivity contribution in [3.05, 3.63) is 68.7 Å². The van der Waals surface area contributed by atoms with Crippen LogP contribution in [0.25, 0.3) is 0 Å². The molecule has 0 bridgehead atoms.